The predicted octanol–water partition coefficient (Wildman–Crippen LogP) is 1.55. The van der Waals surface area contributed by atoms with Gasteiger partial charge < -0.3 is 4.57 Å². The fourth-order valence-electron chi connectivity index (χ4n) is 1.18. The molecule has 1 aromatic heterocycles. The number of nitriles is 2. The van der Waals surface area contributed by atoms with Gasteiger partial charge >= 0.3 is 0 Å². The van der Waals surface area contributed by atoms with Gasteiger partial charge in [-0.2, -0.15) is 10.5 Å². The lowest BCUT2D eigenvalue weighted by Gasteiger charge is -2.13. The molecule has 1 aromatic rings. The highest BCUT2D eigenvalue weighted by atomic mass is 15.1. The summed E-state index contributed by atoms with van der Waals surface area (Å²) in [4.78, 5) is 3.87. The number of aromatic nitrogens is 2. The molecule has 0 aromatic carbocycles. The third kappa shape index (κ3) is 2.11. The summed E-state index contributed by atoms with van der Waals surface area (Å²) < 4.78 is 1.72. The second-order valence-corrected chi connectivity index (χ2v) is 3.49. The predicted molar refractivity (Wildman–Crippen MR) is 50.9 cm³/mol. The molecule has 14 heavy (non-hydrogen) atoms. The van der Waals surface area contributed by atoms with Gasteiger partial charge in [0.2, 0.25) is 5.82 Å². The highest BCUT2D eigenvalue weighted by Crippen LogP contribution is 2.13. The smallest absolute Gasteiger partial charge is 0.212 e. The fraction of sp³-hybridized carbons (Fsp3) is 0.500. The van der Waals surface area contributed by atoms with Gasteiger partial charge in [0.15, 0.2) is 0 Å². The first-order chi connectivity index (χ1) is 6.69. The molecule has 0 saturated heterocycles. The minimum Gasteiger partial charge on any atom is -0.321 e. The lowest BCUT2D eigenvalue weighted by Crippen LogP contribution is -2.15. The number of imidazole rings is 1. The Kier molecular flexibility index (Phi) is 3.25. The van der Waals surface area contributed by atoms with Gasteiger partial charge in [0.1, 0.15) is 6.07 Å². The van der Waals surface area contributed by atoms with Crippen molar-refractivity contribution in [3.8, 4) is 12.1 Å². The van der Waals surface area contributed by atoms with E-state index in [0.29, 0.717) is 12.4 Å². The van der Waals surface area contributed by atoms with E-state index >= 15 is 0 Å². The van der Waals surface area contributed by atoms with Crippen molar-refractivity contribution in [2.75, 3.05) is 0 Å². The maximum atomic E-state index is 8.89. The summed E-state index contributed by atoms with van der Waals surface area (Å²) in [6.07, 6.45) is 3.30. The summed E-state index contributed by atoms with van der Waals surface area (Å²) >= 11 is 0. The zero-order chi connectivity index (χ0) is 10.6. The highest BCUT2D eigenvalue weighted by molar-refractivity contribution is 5.11. The maximum Gasteiger partial charge on any atom is 0.212 e. The lowest BCUT2D eigenvalue weighted by atomic mass is 9.97. The van der Waals surface area contributed by atoms with Crippen molar-refractivity contribution in [3.05, 3.63) is 18.2 Å². The number of hydrogen-bond donors (Lipinski definition) is 0. The molecule has 0 aliphatic heterocycles. The van der Waals surface area contributed by atoms with Crippen molar-refractivity contribution in [1.82, 2.24) is 9.55 Å². The van der Waals surface area contributed by atoms with E-state index in [1.54, 1.807) is 17.0 Å². The van der Waals surface area contributed by atoms with E-state index in [1.165, 1.54) is 0 Å². The van der Waals surface area contributed by atoms with Crippen LogP contribution in [0.5, 0.6) is 0 Å². The molecular formula is C10H12N4. The fourth-order valence-corrected chi connectivity index (χ4v) is 1.18. The number of rotatable bonds is 3. The maximum absolute atomic E-state index is 8.89. The zero-order valence-electron chi connectivity index (χ0n) is 8.31. The molecule has 4 nitrogen and oxygen atoms in total. The van der Waals surface area contributed by atoms with Gasteiger partial charge in [0, 0.05) is 18.9 Å². The van der Waals surface area contributed by atoms with Crippen LogP contribution in [-0.4, -0.2) is 9.55 Å². The van der Waals surface area contributed by atoms with Crippen LogP contribution in [0.15, 0.2) is 12.4 Å². The third-order valence-electron chi connectivity index (χ3n) is 2.18. The molecule has 4 heteroatoms. The standard InChI is InChI=1S/C10H12N4/c1-8(2)9(5-11)7-14-4-3-13-10(14)6-12/h3-4,8-9H,7H2,1-2H3. The topological polar surface area (TPSA) is 65.4 Å². The first-order valence-corrected chi connectivity index (χ1v) is 4.50. The average molecular weight is 188 g/mol. The van der Waals surface area contributed by atoms with Crippen molar-refractivity contribution in [2.24, 2.45) is 11.8 Å². The molecule has 0 fully saturated rings. The lowest BCUT2D eigenvalue weighted by molar-refractivity contribution is 0.413. The average Bonchev–Trinajstić information content (AvgIpc) is 2.60. The summed E-state index contributed by atoms with van der Waals surface area (Å²) in [5.41, 5.74) is 0. The Hall–Kier alpha value is -1.81. The van der Waals surface area contributed by atoms with Crippen LogP contribution in [0.1, 0.15) is 19.7 Å². The Balaban J connectivity index is 2.79. The van der Waals surface area contributed by atoms with Crippen LogP contribution in [0.25, 0.3) is 0 Å². The monoisotopic (exact) mass is 188 g/mol. The normalized spacial score (nSPS) is 12.1. The molecule has 72 valence electrons. The summed E-state index contributed by atoms with van der Waals surface area (Å²) in [5.74, 6) is 0.580. The van der Waals surface area contributed by atoms with Gasteiger partial charge in [0.25, 0.3) is 0 Å². The van der Waals surface area contributed by atoms with Gasteiger partial charge in [-0.15, -0.1) is 0 Å². The molecule has 1 atom stereocenters. The molecule has 1 rings (SSSR count). The molecule has 1 heterocycles. The van der Waals surface area contributed by atoms with Crippen LogP contribution in [0.3, 0.4) is 0 Å². The Morgan fingerprint density at radius 1 is 1.50 bits per heavy atom. The minimum absolute atomic E-state index is 0.0729. The number of nitrogens with zero attached hydrogens (tertiary/aromatic N) is 4. The molecule has 0 spiro atoms. The minimum atomic E-state index is -0.0729. The Labute approximate surface area is 83.4 Å². The molecule has 1 unspecified atom stereocenters. The molecule has 0 N–H and O–H groups in total. The molecule has 0 radical (unpaired) electrons. The molecule has 0 aliphatic carbocycles. The first-order valence-electron chi connectivity index (χ1n) is 4.50. The SMILES string of the molecule is CC(C)C(C#N)Cn1ccnc1C#N. The van der Waals surface area contributed by atoms with E-state index < -0.39 is 0 Å². The number of hydrogen-bond acceptors (Lipinski definition) is 3. The van der Waals surface area contributed by atoms with Crippen LogP contribution >= 0.6 is 0 Å². The van der Waals surface area contributed by atoms with Gasteiger partial charge in [-0.3, -0.25) is 0 Å². The van der Waals surface area contributed by atoms with Crippen LogP contribution in [0.2, 0.25) is 0 Å². The van der Waals surface area contributed by atoms with Gasteiger partial charge in [0.05, 0.1) is 12.0 Å². The summed E-state index contributed by atoms with van der Waals surface area (Å²) in [7, 11) is 0. The Bertz CT molecular complexity index is 378. The highest BCUT2D eigenvalue weighted by Gasteiger charge is 2.14. The summed E-state index contributed by atoms with van der Waals surface area (Å²) in [6.45, 7) is 4.53. The van der Waals surface area contributed by atoms with Crippen molar-refractivity contribution in [3.63, 3.8) is 0 Å². The van der Waals surface area contributed by atoms with Crippen LogP contribution in [0, 0.1) is 34.5 Å². The van der Waals surface area contributed by atoms with Crippen LogP contribution in [0.4, 0.5) is 0 Å². The van der Waals surface area contributed by atoms with Crippen molar-refractivity contribution < 1.29 is 0 Å². The second kappa shape index (κ2) is 4.43. The molecular weight excluding hydrogens is 176 g/mol. The zero-order valence-corrected chi connectivity index (χ0v) is 8.31. The van der Waals surface area contributed by atoms with Crippen LogP contribution in [-0.2, 0) is 6.54 Å². The van der Waals surface area contributed by atoms with Crippen molar-refractivity contribution in [1.29, 1.82) is 10.5 Å². The van der Waals surface area contributed by atoms with Crippen molar-refractivity contribution in [2.45, 2.75) is 20.4 Å². The second-order valence-electron chi connectivity index (χ2n) is 3.49. The summed E-state index contributed by atoms with van der Waals surface area (Å²) in [5, 5.41) is 17.6. The van der Waals surface area contributed by atoms with E-state index in [-0.39, 0.29) is 11.8 Å². The van der Waals surface area contributed by atoms with Crippen molar-refractivity contribution >= 4 is 0 Å². The third-order valence-corrected chi connectivity index (χ3v) is 2.18. The molecule has 0 aliphatic rings. The quantitative estimate of drug-likeness (QED) is 0.722. The van der Waals surface area contributed by atoms with Crippen LogP contribution < -0.4 is 0 Å². The first kappa shape index (κ1) is 10.3. The molecule has 0 amide bonds. The van der Waals surface area contributed by atoms with Gasteiger partial charge in [-0.1, -0.05) is 13.8 Å². The van der Waals surface area contributed by atoms with E-state index in [4.69, 9.17) is 10.5 Å². The largest absolute Gasteiger partial charge is 0.321 e. The molecule has 0 bridgehead atoms. The Morgan fingerprint density at radius 2 is 2.21 bits per heavy atom. The van der Waals surface area contributed by atoms with E-state index in [2.05, 4.69) is 11.1 Å². The van der Waals surface area contributed by atoms with Gasteiger partial charge in [-0.25, -0.2) is 4.98 Å². The van der Waals surface area contributed by atoms with E-state index in [0.717, 1.165) is 0 Å². The van der Waals surface area contributed by atoms with E-state index in [9.17, 15) is 0 Å². The molecule has 0 saturated carbocycles. The summed E-state index contributed by atoms with van der Waals surface area (Å²) in [6, 6.07) is 4.22. The van der Waals surface area contributed by atoms with E-state index in [1.807, 2.05) is 19.9 Å². The Morgan fingerprint density at radius 3 is 2.71 bits per heavy atom. The van der Waals surface area contributed by atoms with Gasteiger partial charge in [-0.05, 0) is 5.92 Å².